The van der Waals surface area contributed by atoms with Crippen molar-refractivity contribution >= 4 is 29.1 Å². The molecule has 3 aromatic carbocycles. The molecule has 0 N–H and O–H groups in total. The first kappa shape index (κ1) is 19.7. The molecule has 0 fully saturated rings. The second kappa shape index (κ2) is 9.72. The van der Waals surface area contributed by atoms with E-state index in [-0.39, 0.29) is 12.2 Å². The topological polar surface area (TPSA) is 53.3 Å². The molecule has 0 aliphatic carbocycles. The fourth-order valence-electron chi connectivity index (χ4n) is 2.84. The summed E-state index contributed by atoms with van der Waals surface area (Å²) in [5.74, 6) is -0.660. The first-order valence-corrected chi connectivity index (χ1v) is 9.13. The lowest BCUT2D eigenvalue weighted by atomic mass is 10.1. The summed E-state index contributed by atoms with van der Waals surface area (Å²) >= 11 is 0. The van der Waals surface area contributed by atoms with Crippen molar-refractivity contribution in [3.05, 3.63) is 109 Å². The van der Waals surface area contributed by atoms with Crippen LogP contribution in [0.25, 0.3) is 6.08 Å². The standard InChI is InChI=1S/C25H20N2O2/c1-2-17-29-25(28)21(19-26)18-20-13-15-24(16-14-20)27(22-9-5-3-6-10-22)23-11-7-4-8-12-23/h2-16,18H,1,17H2/b21-18+. The Balaban J connectivity index is 1.92. The number of carbonyl (C=O) groups excluding carboxylic acids is 1. The van der Waals surface area contributed by atoms with Crippen LogP contribution in [0, 0.1) is 11.3 Å². The molecule has 0 heterocycles. The number of rotatable bonds is 7. The van der Waals surface area contributed by atoms with Gasteiger partial charge in [0, 0.05) is 17.1 Å². The summed E-state index contributed by atoms with van der Waals surface area (Å²) in [7, 11) is 0. The van der Waals surface area contributed by atoms with Crippen molar-refractivity contribution in [3.63, 3.8) is 0 Å². The van der Waals surface area contributed by atoms with Crippen molar-refractivity contribution in [1.82, 2.24) is 0 Å². The van der Waals surface area contributed by atoms with Crippen LogP contribution in [-0.4, -0.2) is 12.6 Å². The van der Waals surface area contributed by atoms with Crippen LogP contribution in [0.3, 0.4) is 0 Å². The molecule has 0 aliphatic heterocycles. The highest BCUT2D eigenvalue weighted by atomic mass is 16.5. The minimum Gasteiger partial charge on any atom is -0.457 e. The molecule has 3 aromatic rings. The van der Waals surface area contributed by atoms with E-state index in [0.29, 0.717) is 0 Å². The number of nitrogens with zero attached hydrogens (tertiary/aromatic N) is 2. The Morgan fingerprint density at radius 1 is 0.897 bits per heavy atom. The van der Waals surface area contributed by atoms with Gasteiger partial charge in [-0.05, 0) is 48.0 Å². The molecular weight excluding hydrogens is 360 g/mol. The molecule has 0 amide bonds. The Morgan fingerprint density at radius 3 is 1.90 bits per heavy atom. The smallest absolute Gasteiger partial charge is 0.349 e. The lowest BCUT2D eigenvalue weighted by molar-refractivity contribution is -0.137. The maximum absolute atomic E-state index is 11.9. The zero-order valence-corrected chi connectivity index (χ0v) is 15.9. The van der Waals surface area contributed by atoms with Crippen LogP contribution < -0.4 is 4.90 Å². The quantitative estimate of drug-likeness (QED) is 0.225. The van der Waals surface area contributed by atoms with Crippen LogP contribution in [0.1, 0.15) is 5.56 Å². The molecule has 0 atom stereocenters. The minimum absolute atomic E-state index is 0.0532. The molecular formula is C25H20N2O2. The third-order valence-corrected chi connectivity index (χ3v) is 4.16. The van der Waals surface area contributed by atoms with Crippen LogP contribution in [0.4, 0.5) is 17.1 Å². The van der Waals surface area contributed by atoms with Gasteiger partial charge < -0.3 is 9.64 Å². The van der Waals surface area contributed by atoms with Gasteiger partial charge in [0.2, 0.25) is 0 Å². The highest BCUT2D eigenvalue weighted by molar-refractivity contribution is 5.98. The van der Waals surface area contributed by atoms with Crippen LogP contribution in [0.2, 0.25) is 0 Å². The molecule has 0 bridgehead atoms. The number of anilines is 3. The first-order chi connectivity index (χ1) is 14.2. The van der Waals surface area contributed by atoms with Gasteiger partial charge in [-0.15, -0.1) is 0 Å². The number of ether oxygens (including phenoxy) is 1. The highest BCUT2D eigenvalue weighted by Gasteiger charge is 2.13. The van der Waals surface area contributed by atoms with Gasteiger partial charge in [-0.3, -0.25) is 0 Å². The summed E-state index contributed by atoms with van der Waals surface area (Å²) in [5, 5.41) is 9.24. The fraction of sp³-hybridized carbons (Fsp3) is 0.0400. The fourth-order valence-corrected chi connectivity index (χ4v) is 2.84. The summed E-state index contributed by atoms with van der Waals surface area (Å²) in [6.07, 6.45) is 2.98. The molecule has 0 unspecified atom stereocenters. The van der Waals surface area contributed by atoms with Gasteiger partial charge in [-0.25, -0.2) is 4.79 Å². The number of benzene rings is 3. The van der Waals surface area contributed by atoms with E-state index in [1.54, 1.807) is 0 Å². The number of para-hydroxylation sites is 2. The van der Waals surface area contributed by atoms with E-state index in [2.05, 4.69) is 11.5 Å². The van der Waals surface area contributed by atoms with Crippen LogP contribution in [0.5, 0.6) is 0 Å². The van der Waals surface area contributed by atoms with Crippen LogP contribution in [0.15, 0.2) is 103 Å². The number of esters is 1. The van der Waals surface area contributed by atoms with Crippen molar-refractivity contribution < 1.29 is 9.53 Å². The molecule has 142 valence electrons. The Labute approximate surface area is 170 Å². The van der Waals surface area contributed by atoms with E-state index in [0.717, 1.165) is 22.6 Å². The molecule has 4 nitrogen and oxygen atoms in total. The lowest BCUT2D eigenvalue weighted by Crippen LogP contribution is -2.09. The van der Waals surface area contributed by atoms with Gasteiger partial charge >= 0.3 is 5.97 Å². The molecule has 0 radical (unpaired) electrons. The van der Waals surface area contributed by atoms with E-state index < -0.39 is 5.97 Å². The second-order valence-corrected chi connectivity index (χ2v) is 6.15. The van der Waals surface area contributed by atoms with E-state index in [1.165, 1.54) is 12.2 Å². The average Bonchev–Trinajstić information content (AvgIpc) is 2.78. The van der Waals surface area contributed by atoms with Gasteiger partial charge in [-0.1, -0.05) is 61.2 Å². The number of nitriles is 1. The van der Waals surface area contributed by atoms with Crippen molar-refractivity contribution in [1.29, 1.82) is 5.26 Å². The minimum atomic E-state index is -0.660. The van der Waals surface area contributed by atoms with E-state index >= 15 is 0 Å². The summed E-state index contributed by atoms with van der Waals surface area (Å²) in [6, 6.07) is 29.7. The van der Waals surface area contributed by atoms with E-state index in [9.17, 15) is 10.1 Å². The summed E-state index contributed by atoms with van der Waals surface area (Å²) in [5.41, 5.74) is 3.72. The molecule has 0 spiro atoms. The highest BCUT2D eigenvalue weighted by Crippen LogP contribution is 2.34. The molecule has 4 heteroatoms. The number of hydrogen-bond acceptors (Lipinski definition) is 4. The van der Waals surface area contributed by atoms with Gasteiger partial charge in [0.1, 0.15) is 18.2 Å². The Bertz CT molecular complexity index is 994. The maximum atomic E-state index is 11.9. The second-order valence-electron chi connectivity index (χ2n) is 6.15. The van der Waals surface area contributed by atoms with Crippen LogP contribution >= 0.6 is 0 Å². The van der Waals surface area contributed by atoms with Crippen molar-refractivity contribution in [2.45, 2.75) is 0 Å². The first-order valence-electron chi connectivity index (χ1n) is 9.13. The molecule has 29 heavy (non-hydrogen) atoms. The molecule has 0 saturated carbocycles. The van der Waals surface area contributed by atoms with Crippen molar-refractivity contribution in [2.24, 2.45) is 0 Å². The Hall–Kier alpha value is -4.10. The molecule has 0 aromatic heterocycles. The van der Waals surface area contributed by atoms with E-state index in [1.807, 2.05) is 91.0 Å². The normalized spacial score (nSPS) is 10.7. The SMILES string of the molecule is C=CCOC(=O)/C(C#N)=C/c1ccc(N(c2ccccc2)c2ccccc2)cc1. The Kier molecular flexibility index (Phi) is 6.59. The van der Waals surface area contributed by atoms with Crippen molar-refractivity contribution in [2.75, 3.05) is 11.5 Å². The summed E-state index contributed by atoms with van der Waals surface area (Å²) in [6.45, 7) is 3.56. The van der Waals surface area contributed by atoms with Crippen LogP contribution in [-0.2, 0) is 9.53 Å². The summed E-state index contributed by atoms with van der Waals surface area (Å²) < 4.78 is 4.94. The van der Waals surface area contributed by atoms with Gasteiger partial charge in [0.05, 0.1) is 0 Å². The summed E-state index contributed by atoms with van der Waals surface area (Å²) in [4.78, 5) is 14.0. The average molecular weight is 380 g/mol. The monoisotopic (exact) mass is 380 g/mol. The number of carbonyl (C=O) groups is 1. The molecule has 0 aliphatic rings. The van der Waals surface area contributed by atoms with Gasteiger partial charge in [0.15, 0.2) is 0 Å². The van der Waals surface area contributed by atoms with Gasteiger partial charge in [-0.2, -0.15) is 5.26 Å². The van der Waals surface area contributed by atoms with Gasteiger partial charge in [0.25, 0.3) is 0 Å². The largest absolute Gasteiger partial charge is 0.457 e. The molecule has 0 saturated heterocycles. The maximum Gasteiger partial charge on any atom is 0.349 e. The third kappa shape index (κ3) is 5.00. The Morgan fingerprint density at radius 2 is 1.41 bits per heavy atom. The lowest BCUT2D eigenvalue weighted by Gasteiger charge is -2.25. The number of hydrogen-bond donors (Lipinski definition) is 0. The van der Waals surface area contributed by atoms with Crippen molar-refractivity contribution in [3.8, 4) is 6.07 Å². The predicted octanol–water partition coefficient (Wildman–Crippen LogP) is 5.79. The zero-order chi connectivity index (χ0) is 20.5. The molecule has 3 rings (SSSR count). The predicted molar refractivity (Wildman–Crippen MR) is 116 cm³/mol. The third-order valence-electron chi connectivity index (χ3n) is 4.16. The van der Waals surface area contributed by atoms with E-state index in [4.69, 9.17) is 4.74 Å². The zero-order valence-electron chi connectivity index (χ0n) is 15.9.